The van der Waals surface area contributed by atoms with E-state index in [1.165, 1.54) is 31.4 Å². The predicted octanol–water partition coefficient (Wildman–Crippen LogP) is 8.50. The molecule has 0 heterocycles. The maximum Gasteiger partial charge on any atom is 0.174 e. The van der Waals surface area contributed by atoms with Crippen LogP contribution in [0.5, 0.6) is 0 Å². The minimum atomic E-state index is -0.952. The van der Waals surface area contributed by atoms with Gasteiger partial charge in [0.05, 0.1) is 5.56 Å². The largest absolute Gasteiger partial charge is 0.207 e. The van der Waals surface area contributed by atoms with Gasteiger partial charge in [-0.2, -0.15) is 0 Å². The number of rotatable bonds is 5. The van der Waals surface area contributed by atoms with Crippen molar-refractivity contribution < 1.29 is 13.2 Å². The summed E-state index contributed by atoms with van der Waals surface area (Å²) < 4.78 is 43.7. The van der Waals surface area contributed by atoms with Crippen molar-refractivity contribution in [3.63, 3.8) is 0 Å². The third-order valence-electron chi connectivity index (χ3n) is 7.68. The van der Waals surface area contributed by atoms with Gasteiger partial charge in [0.25, 0.3) is 0 Å². The van der Waals surface area contributed by atoms with Gasteiger partial charge in [0, 0.05) is 5.56 Å². The smallest absolute Gasteiger partial charge is 0.174 e. The van der Waals surface area contributed by atoms with Crippen molar-refractivity contribution in [1.82, 2.24) is 0 Å². The van der Waals surface area contributed by atoms with Crippen LogP contribution in [0.2, 0.25) is 0 Å². The Hall–Kier alpha value is -2.73. The Bertz CT molecular complexity index is 1120. The minimum absolute atomic E-state index is 0.0174. The third-order valence-corrected chi connectivity index (χ3v) is 7.68. The van der Waals surface area contributed by atoms with Gasteiger partial charge in [-0.25, -0.2) is 13.2 Å². The fourth-order valence-corrected chi connectivity index (χ4v) is 5.87. The lowest BCUT2D eigenvalue weighted by molar-refractivity contribution is 0.132. The molecule has 2 fully saturated rings. The van der Waals surface area contributed by atoms with Crippen LogP contribution in [0.25, 0.3) is 0 Å². The van der Waals surface area contributed by atoms with E-state index in [1.807, 2.05) is 6.07 Å². The van der Waals surface area contributed by atoms with Crippen LogP contribution in [-0.4, -0.2) is 0 Å². The maximum absolute atomic E-state index is 15.0. The molecule has 0 aliphatic heterocycles. The van der Waals surface area contributed by atoms with Crippen LogP contribution in [0.1, 0.15) is 80.0 Å². The maximum atomic E-state index is 15.0. The van der Waals surface area contributed by atoms with Crippen molar-refractivity contribution in [3.8, 4) is 11.8 Å². The summed E-state index contributed by atoms with van der Waals surface area (Å²) in [6.45, 7) is 5.70. The zero-order valence-electron chi connectivity index (χ0n) is 19.9. The molecule has 4 atom stereocenters. The first-order chi connectivity index (χ1) is 16.5. The number of allylic oxidation sites excluding steroid dienone is 3. The lowest BCUT2D eigenvalue weighted by Crippen LogP contribution is -2.30. The highest BCUT2D eigenvalue weighted by molar-refractivity contribution is 5.46. The standard InChI is InChI=1S/C31H33F3/c1-3-5-7-23-13-14-24(31(34)30(23)33)11-8-22-10-17-28(29(32)19-22)27-16-15-25-18-21(6-4-2)9-12-26(25)20-27/h3-4,6,10,13-14,17,19,21,25-27H,1,5,7,9,12,15-16,18,20H2,2H3/b6-4+. The van der Waals surface area contributed by atoms with Gasteiger partial charge in [0.1, 0.15) is 5.82 Å². The number of hydrogen-bond donors (Lipinski definition) is 0. The molecule has 2 aromatic rings. The van der Waals surface area contributed by atoms with Crippen molar-refractivity contribution in [3.05, 3.63) is 94.8 Å². The van der Waals surface area contributed by atoms with Crippen molar-refractivity contribution in [2.45, 2.75) is 64.2 Å². The van der Waals surface area contributed by atoms with Gasteiger partial charge in [-0.3, -0.25) is 0 Å². The molecule has 0 radical (unpaired) electrons. The Morgan fingerprint density at radius 1 is 0.941 bits per heavy atom. The topological polar surface area (TPSA) is 0 Å². The highest BCUT2D eigenvalue weighted by Gasteiger charge is 2.36. The third kappa shape index (κ3) is 5.49. The number of hydrogen-bond acceptors (Lipinski definition) is 0. The molecule has 4 unspecified atom stereocenters. The van der Waals surface area contributed by atoms with E-state index in [-0.39, 0.29) is 17.3 Å². The molecule has 2 saturated carbocycles. The fraction of sp³-hybridized carbons (Fsp3) is 0.419. The van der Waals surface area contributed by atoms with Gasteiger partial charge in [0.2, 0.25) is 0 Å². The van der Waals surface area contributed by atoms with Gasteiger partial charge < -0.3 is 0 Å². The van der Waals surface area contributed by atoms with E-state index in [1.54, 1.807) is 18.2 Å². The minimum Gasteiger partial charge on any atom is -0.207 e. The summed E-state index contributed by atoms with van der Waals surface area (Å²) in [4.78, 5) is 0. The number of benzene rings is 2. The Balaban J connectivity index is 1.45. The molecule has 0 aromatic heterocycles. The molecule has 34 heavy (non-hydrogen) atoms. The summed E-state index contributed by atoms with van der Waals surface area (Å²) in [6.07, 6.45) is 14.1. The molecule has 0 bridgehead atoms. The van der Waals surface area contributed by atoms with Crippen LogP contribution in [0, 0.1) is 47.0 Å². The number of aryl methyl sites for hydroxylation is 1. The van der Waals surface area contributed by atoms with Crippen LogP contribution in [0.15, 0.2) is 55.1 Å². The van der Waals surface area contributed by atoms with Gasteiger partial charge in [-0.05, 0) is 111 Å². The molecular formula is C31H33F3. The first-order valence-corrected chi connectivity index (χ1v) is 12.5. The monoisotopic (exact) mass is 462 g/mol. The molecule has 2 aliphatic carbocycles. The highest BCUT2D eigenvalue weighted by Crippen LogP contribution is 2.48. The zero-order chi connectivity index (χ0) is 24.1. The van der Waals surface area contributed by atoms with Gasteiger partial charge >= 0.3 is 0 Å². The summed E-state index contributed by atoms with van der Waals surface area (Å²) in [7, 11) is 0. The van der Waals surface area contributed by atoms with Crippen LogP contribution in [0.3, 0.4) is 0 Å². The van der Waals surface area contributed by atoms with Crippen molar-refractivity contribution in [2.24, 2.45) is 17.8 Å². The summed E-state index contributed by atoms with van der Waals surface area (Å²) in [5, 5.41) is 0. The molecule has 0 N–H and O–H groups in total. The number of fused-ring (bicyclic) bond motifs is 1. The Kier molecular flexibility index (Phi) is 7.99. The SMILES string of the molecule is C=CCCc1ccc(C#Cc2ccc(C3CCC4CC(/C=C/C)CCC4C3)c(F)c2)c(F)c1F. The first kappa shape index (κ1) is 24.4. The zero-order valence-corrected chi connectivity index (χ0v) is 19.9. The highest BCUT2D eigenvalue weighted by atomic mass is 19.2. The summed E-state index contributed by atoms with van der Waals surface area (Å²) >= 11 is 0. The van der Waals surface area contributed by atoms with E-state index >= 15 is 4.39 Å². The summed E-state index contributed by atoms with van der Waals surface area (Å²) in [5.74, 6) is 5.81. The second kappa shape index (κ2) is 11.1. The first-order valence-electron chi connectivity index (χ1n) is 12.5. The molecule has 0 spiro atoms. The second-order valence-electron chi connectivity index (χ2n) is 9.84. The van der Waals surface area contributed by atoms with Gasteiger partial charge in [-0.1, -0.05) is 42.2 Å². The van der Waals surface area contributed by atoms with Gasteiger partial charge in [0.15, 0.2) is 11.6 Å². The molecule has 0 amide bonds. The van der Waals surface area contributed by atoms with E-state index in [4.69, 9.17) is 0 Å². The molecule has 3 heteroatoms. The molecule has 2 aliphatic rings. The van der Waals surface area contributed by atoms with Crippen LogP contribution in [0.4, 0.5) is 13.2 Å². The molecule has 0 saturated heterocycles. The fourth-order valence-electron chi connectivity index (χ4n) is 5.87. The molecule has 178 valence electrons. The van der Waals surface area contributed by atoms with E-state index in [0.717, 1.165) is 30.7 Å². The number of halogens is 3. The molecular weight excluding hydrogens is 429 g/mol. The van der Waals surface area contributed by atoms with Crippen LogP contribution in [-0.2, 0) is 6.42 Å². The average molecular weight is 463 g/mol. The van der Waals surface area contributed by atoms with Crippen molar-refractivity contribution >= 4 is 0 Å². The normalized spacial score (nSPS) is 24.4. The van der Waals surface area contributed by atoms with Crippen molar-refractivity contribution in [1.29, 1.82) is 0 Å². The van der Waals surface area contributed by atoms with E-state index in [0.29, 0.717) is 35.8 Å². The van der Waals surface area contributed by atoms with Crippen molar-refractivity contribution in [2.75, 3.05) is 0 Å². The Morgan fingerprint density at radius 3 is 2.50 bits per heavy atom. The second-order valence-corrected chi connectivity index (χ2v) is 9.84. The average Bonchev–Trinajstić information content (AvgIpc) is 2.84. The van der Waals surface area contributed by atoms with Crippen LogP contribution >= 0.6 is 0 Å². The predicted molar refractivity (Wildman–Crippen MR) is 133 cm³/mol. The van der Waals surface area contributed by atoms with Gasteiger partial charge in [-0.15, -0.1) is 6.58 Å². The van der Waals surface area contributed by atoms with Crippen LogP contribution < -0.4 is 0 Å². The van der Waals surface area contributed by atoms with E-state index in [9.17, 15) is 8.78 Å². The Labute approximate surface area is 202 Å². The molecule has 0 nitrogen and oxygen atoms in total. The van der Waals surface area contributed by atoms with E-state index in [2.05, 4.69) is 37.5 Å². The lowest BCUT2D eigenvalue weighted by atomic mass is 9.64. The molecule has 2 aromatic carbocycles. The Morgan fingerprint density at radius 2 is 1.74 bits per heavy atom. The van der Waals surface area contributed by atoms with E-state index < -0.39 is 11.6 Å². The molecule has 4 rings (SSSR count). The quantitative estimate of drug-likeness (QED) is 0.309. The lowest BCUT2D eigenvalue weighted by Gasteiger charge is -2.41. The summed E-state index contributed by atoms with van der Waals surface area (Å²) in [6, 6.07) is 8.11. The summed E-state index contributed by atoms with van der Waals surface area (Å²) in [5.41, 5.74) is 1.53.